The van der Waals surface area contributed by atoms with Gasteiger partial charge < -0.3 is 4.74 Å². The van der Waals surface area contributed by atoms with Gasteiger partial charge in [0.05, 0.1) is 15.4 Å². The molecular formula is C19H30OSi2. The fourth-order valence-corrected chi connectivity index (χ4v) is 5.75. The van der Waals surface area contributed by atoms with Gasteiger partial charge in [0.1, 0.15) is 5.75 Å². The first-order chi connectivity index (χ1) is 10.6. The smallest absolute Gasteiger partial charge is 0.118 e. The Labute approximate surface area is 138 Å². The fraction of sp³-hybridized carbons (Fsp3) is 0.474. The third kappa shape index (κ3) is 4.72. The molecule has 0 saturated carbocycles. The van der Waals surface area contributed by atoms with Crippen molar-refractivity contribution < 1.29 is 4.74 Å². The highest BCUT2D eigenvalue weighted by atomic mass is 28.3. The summed E-state index contributed by atoms with van der Waals surface area (Å²) in [5.74, 6) is 1.14. The lowest BCUT2D eigenvalue weighted by molar-refractivity contribution is 0.309. The van der Waals surface area contributed by atoms with E-state index in [9.17, 15) is 0 Å². The highest BCUT2D eigenvalue weighted by Gasteiger charge is 2.12. The highest BCUT2D eigenvalue weighted by molar-refractivity contribution is 6.74. The van der Waals surface area contributed by atoms with Gasteiger partial charge in [0.25, 0.3) is 0 Å². The molecule has 2 aromatic rings. The molecule has 0 atom stereocenters. The van der Waals surface area contributed by atoms with Gasteiger partial charge >= 0.3 is 0 Å². The van der Waals surface area contributed by atoms with Crippen molar-refractivity contribution in [1.82, 2.24) is 0 Å². The Hall–Kier alpha value is -1.07. The normalized spacial score (nSPS) is 11.5. The Morgan fingerprint density at radius 3 is 2.36 bits per heavy atom. The van der Waals surface area contributed by atoms with E-state index in [1.807, 2.05) is 0 Å². The molecule has 0 heterocycles. The molecule has 22 heavy (non-hydrogen) atoms. The Balaban J connectivity index is 2.00. The van der Waals surface area contributed by atoms with Crippen LogP contribution in [0.2, 0.25) is 32.2 Å². The van der Waals surface area contributed by atoms with Crippen molar-refractivity contribution in [3.63, 3.8) is 0 Å². The molecule has 0 fully saturated rings. The SMILES string of the molecule is C[SiH](C)CCCCCOc1ccc2ccccc2c1[SiH](C)C. The number of unbranched alkanes of at least 4 members (excludes halogenated alkanes) is 2. The van der Waals surface area contributed by atoms with E-state index in [-0.39, 0.29) is 8.80 Å². The van der Waals surface area contributed by atoms with Crippen molar-refractivity contribution >= 4 is 33.6 Å². The Morgan fingerprint density at radius 1 is 0.864 bits per heavy atom. The molecule has 0 unspecified atom stereocenters. The lowest BCUT2D eigenvalue weighted by Crippen LogP contribution is -2.26. The first kappa shape index (κ1) is 17.3. The van der Waals surface area contributed by atoms with Crippen LogP contribution in [0.15, 0.2) is 36.4 Å². The molecule has 120 valence electrons. The Bertz CT molecular complexity index is 593. The predicted octanol–water partition coefficient (Wildman–Crippen LogP) is 4.57. The lowest BCUT2D eigenvalue weighted by atomic mass is 10.1. The van der Waals surface area contributed by atoms with Gasteiger partial charge in [-0.15, -0.1) is 0 Å². The van der Waals surface area contributed by atoms with Gasteiger partial charge in [-0.05, 0) is 28.4 Å². The lowest BCUT2D eigenvalue weighted by Gasteiger charge is -2.16. The monoisotopic (exact) mass is 330 g/mol. The highest BCUT2D eigenvalue weighted by Crippen LogP contribution is 2.20. The summed E-state index contributed by atoms with van der Waals surface area (Å²) in [6.45, 7) is 10.5. The molecule has 0 aliphatic rings. The molecule has 2 aromatic carbocycles. The molecule has 0 N–H and O–H groups in total. The quantitative estimate of drug-likeness (QED) is 0.509. The van der Waals surface area contributed by atoms with E-state index in [0.29, 0.717) is 0 Å². The molecule has 0 radical (unpaired) electrons. The molecule has 0 aliphatic heterocycles. The van der Waals surface area contributed by atoms with E-state index in [2.05, 4.69) is 62.6 Å². The maximum absolute atomic E-state index is 6.16. The second-order valence-electron chi connectivity index (χ2n) is 6.94. The molecule has 0 saturated heterocycles. The van der Waals surface area contributed by atoms with Gasteiger partial charge in [-0.3, -0.25) is 0 Å². The number of rotatable bonds is 8. The van der Waals surface area contributed by atoms with Crippen molar-refractivity contribution in [3.8, 4) is 5.75 Å². The maximum atomic E-state index is 6.16. The van der Waals surface area contributed by atoms with Crippen LogP contribution >= 0.6 is 0 Å². The van der Waals surface area contributed by atoms with Crippen LogP contribution in [0.5, 0.6) is 5.75 Å². The van der Waals surface area contributed by atoms with Crippen LogP contribution in [0.4, 0.5) is 0 Å². The molecule has 0 spiro atoms. The average molecular weight is 331 g/mol. The largest absolute Gasteiger partial charge is 0.494 e. The number of ether oxygens (including phenoxy) is 1. The van der Waals surface area contributed by atoms with Crippen molar-refractivity contribution in [2.75, 3.05) is 6.61 Å². The number of benzene rings is 2. The summed E-state index contributed by atoms with van der Waals surface area (Å²) in [7, 11) is -1.28. The summed E-state index contributed by atoms with van der Waals surface area (Å²) in [4.78, 5) is 0. The first-order valence-electron chi connectivity index (χ1n) is 8.74. The van der Waals surface area contributed by atoms with E-state index in [4.69, 9.17) is 4.74 Å². The summed E-state index contributed by atoms with van der Waals surface area (Å²) in [5, 5.41) is 4.23. The van der Waals surface area contributed by atoms with Crippen LogP contribution in [0, 0.1) is 0 Å². The van der Waals surface area contributed by atoms with Crippen molar-refractivity contribution in [1.29, 1.82) is 0 Å². The van der Waals surface area contributed by atoms with Crippen LogP contribution in [0.1, 0.15) is 19.3 Å². The van der Waals surface area contributed by atoms with Gasteiger partial charge in [0.2, 0.25) is 0 Å². The number of hydrogen-bond acceptors (Lipinski definition) is 1. The molecule has 1 nitrogen and oxygen atoms in total. The molecular weight excluding hydrogens is 300 g/mol. The minimum Gasteiger partial charge on any atom is -0.494 e. The molecule has 0 amide bonds. The molecule has 2 rings (SSSR count). The fourth-order valence-electron chi connectivity index (χ4n) is 3.01. The van der Waals surface area contributed by atoms with Crippen LogP contribution in [0.3, 0.4) is 0 Å². The standard InChI is InChI=1S/C19H30OSi2/c1-21(2)15-9-5-8-14-20-18-13-12-16-10-6-7-11-17(16)19(18)22(3)4/h6-7,10-13,21-22H,5,8-9,14-15H2,1-4H3. The average Bonchev–Trinajstić information content (AvgIpc) is 2.49. The van der Waals surface area contributed by atoms with E-state index >= 15 is 0 Å². The zero-order chi connectivity index (χ0) is 15.9. The Morgan fingerprint density at radius 2 is 1.64 bits per heavy atom. The predicted molar refractivity (Wildman–Crippen MR) is 105 cm³/mol. The van der Waals surface area contributed by atoms with Gasteiger partial charge in [-0.2, -0.15) is 0 Å². The minimum absolute atomic E-state index is 0.367. The summed E-state index contributed by atoms with van der Waals surface area (Å²) < 4.78 is 6.16. The minimum atomic E-state index is -0.916. The summed E-state index contributed by atoms with van der Waals surface area (Å²) in [5.41, 5.74) is 0. The van der Waals surface area contributed by atoms with E-state index in [1.54, 1.807) is 0 Å². The van der Waals surface area contributed by atoms with E-state index in [0.717, 1.165) is 12.4 Å². The van der Waals surface area contributed by atoms with Crippen molar-refractivity contribution in [2.24, 2.45) is 0 Å². The molecule has 0 aromatic heterocycles. The second kappa shape index (κ2) is 8.54. The molecule has 0 bridgehead atoms. The number of fused-ring (bicyclic) bond motifs is 1. The van der Waals surface area contributed by atoms with E-state index in [1.165, 1.54) is 41.3 Å². The second-order valence-corrected chi connectivity index (χ2v) is 13.2. The third-order valence-electron chi connectivity index (χ3n) is 4.19. The first-order valence-corrected chi connectivity index (χ1v) is 14.7. The van der Waals surface area contributed by atoms with Gasteiger partial charge in [-0.1, -0.05) is 75.4 Å². The van der Waals surface area contributed by atoms with Crippen LogP contribution in [-0.2, 0) is 0 Å². The zero-order valence-electron chi connectivity index (χ0n) is 14.6. The topological polar surface area (TPSA) is 9.23 Å². The summed E-state index contributed by atoms with van der Waals surface area (Å²) in [6, 6.07) is 14.6. The summed E-state index contributed by atoms with van der Waals surface area (Å²) >= 11 is 0. The van der Waals surface area contributed by atoms with Crippen molar-refractivity contribution in [2.45, 2.75) is 51.5 Å². The number of hydrogen-bond donors (Lipinski definition) is 0. The van der Waals surface area contributed by atoms with E-state index < -0.39 is 8.80 Å². The molecule has 0 aliphatic carbocycles. The van der Waals surface area contributed by atoms with Gasteiger partial charge in [-0.25, -0.2) is 0 Å². The zero-order valence-corrected chi connectivity index (χ0v) is 16.9. The Kier molecular flexibility index (Phi) is 6.71. The summed E-state index contributed by atoms with van der Waals surface area (Å²) in [6.07, 6.45) is 3.89. The van der Waals surface area contributed by atoms with Crippen molar-refractivity contribution in [3.05, 3.63) is 36.4 Å². The maximum Gasteiger partial charge on any atom is 0.118 e. The third-order valence-corrected chi connectivity index (χ3v) is 7.50. The van der Waals surface area contributed by atoms with Crippen LogP contribution in [-0.4, -0.2) is 24.2 Å². The van der Waals surface area contributed by atoms with Crippen LogP contribution < -0.4 is 9.92 Å². The van der Waals surface area contributed by atoms with Gasteiger partial charge in [0, 0.05) is 8.80 Å². The molecule has 3 heteroatoms. The van der Waals surface area contributed by atoms with Crippen LogP contribution in [0.25, 0.3) is 10.8 Å². The van der Waals surface area contributed by atoms with Gasteiger partial charge in [0.15, 0.2) is 0 Å².